The molecule has 0 unspecified atom stereocenters. The smallest absolute Gasteiger partial charge is 0.248 e. The number of aromatic nitrogens is 2. The van der Waals surface area contributed by atoms with E-state index in [1.54, 1.807) is 0 Å². The molecule has 0 saturated heterocycles. The van der Waals surface area contributed by atoms with Gasteiger partial charge in [0.05, 0.1) is 5.41 Å². The van der Waals surface area contributed by atoms with Crippen molar-refractivity contribution in [3.05, 3.63) is 180 Å². The van der Waals surface area contributed by atoms with Crippen molar-refractivity contribution in [3.8, 4) is 56.3 Å². The van der Waals surface area contributed by atoms with Crippen molar-refractivity contribution in [3.63, 3.8) is 0 Å². The minimum Gasteiger partial charge on any atom is -0.416 e. The molecule has 228 valence electrons. The highest BCUT2D eigenvalue weighted by atomic mass is 32.1. The van der Waals surface area contributed by atoms with Gasteiger partial charge in [-0.25, -0.2) is 0 Å². The second-order valence-corrected chi connectivity index (χ2v) is 14.0. The average Bonchev–Trinajstić information content (AvgIpc) is 3.94. The van der Waals surface area contributed by atoms with Gasteiger partial charge in [-0.15, -0.1) is 21.5 Å². The quantitative estimate of drug-likeness (QED) is 0.192. The van der Waals surface area contributed by atoms with Gasteiger partial charge in [-0.1, -0.05) is 127 Å². The third-order valence-electron chi connectivity index (χ3n) is 10.5. The second kappa shape index (κ2) is 9.96. The topological polar surface area (TPSA) is 38.9 Å². The summed E-state index contributed by atoms with van der Waals surface area (Å²) in [5.74, 6) is 1.03. The fourth-order valence-electron chi connectivity index (χ4n) is 8.45. The third kappa shape index (κ3) is 3.61. The van der Waals surface area contributed by atoms with Gasteiger partial charge in [-0.05, 0) is 86.0 Å². The SMILES string of the molecule is c1ccc2c(c1)-c1ccccc1C21c2ccccc2-c2ccc(-c3nnc(-c4ccc(-c5cccc6c5sc5ccccc56)cc4)o3)cc21. The number of nitrogens with zero attached hydrogens (tertiary/aromatic N) is 2. The molecule has 0 amide bonds. The molecule has 9 aromatic rings. The Morgan fingerprint density at radius 2 is 0.918 bits per heavy atom. The predicted molar refractivity (Wildman–Crippen MR) is 200 cm³/mol. The molecular weight excluding hydrogens is 617 g/mol. The van der Waals surface area contributed by atoms with E-state index in [2.05, 4.69) is 168 Å². The van der Waals surface area contributed by atoms with Crippen LogP contribution >= 0.6 is 11.3 Å². The lowest BCUT2D eigenvalue weighted by atomic mass is 9.70. The van der Waals surface area contributed by atoms with E-state index in [0.717, 1.165) is 11.1 Å². The maximum absolute atomic E-state index is 6.42. The van der Waals surface area contributed by atoms with Crippen LogP contribution in [-0.4, -0.2) is 10.2 Å². The summed E-state index contributed by atoms with van der Waals surface area (Å²) >= 11 is 1.85. The van der Waals surface area contributed by atoms with Gasteiger partial charge in [0, 0.05) is 31.3 Å². The maximum Gasteiger partial charge on any atom is 0.248 e. The van der Waals surface area contributed by atoms with Gasteiger partial charge in [0.25, 0.3) is 0 Å². The molecule has 0 aliphatic heterocycles. The summed E-state index contributed by atoms with van der Waals surface area (Å²) in [7, 11) is 0. The van der Waals surface area contributed by atoms with Crippen LogP contribution in [0.2, 0.25) is 0 Å². The number of hydrogen-bond acceptors (Lipinski definition) is 4. The van der Waals surface area contributed by atoms with E-state index >= 15 is 0 Å². The molecule has 1 spiro atoms. The Balaban J connectivity index is 1.00. The van der Waals surface area contributed by atoms with Gasteiger partial charge in [0.15, 0.2) is 0 Å². The van der Waals surface area contributed by atoms with Crippen LogP contribution in [0.5, 0.6) is 0 Å². The standard InChI is InChI=1S/C45H26N2OS/c1-5-16-37-31(10-1)32-11-2-6-17-38(32)45(37)39-18-7-3-12-33(39)34-25-24-29(26-40(34)45)44-47-46-43(48-44)28-22-20-27(21-23-28)30-14-9-15-36-35-13-4-8-19-41(35)49-42(30)36/h1-26H. The molecule has 11 rings (SSSR count). The summed E-state index contributed by atoms with van der Waals surface area (Å²) in [5, 5.41) is 11.7. The van der Waals surface area contributed by atoms with E-state index in [1.165, 1.54) is 75.8 Å². The molecule has 2 aliphatic rings. The van der Waals surface area contributed by atoms with E-state index in [1.807, 2.05) is 11.3 Å². The van der Waals surface area contributed by atoms with Crippen LogP contribution in [0.4, 0.5) is 0 Å². The van der Waals surface area contributed by atoms with Crippen molar-refractivity contribution in [2.75, 3.05) is 0 Å². The molecule has 0 N–H and O–H groups in total. The first-order chi connectivity index (χ1) is 24.3. The van der Waals surface area contributed by atoms with Gasteiger partial charge >= 0.3 is 0 Å². The molecule has 0 atom stereocenters. The van der Waals surface area contributed by atoms with Crippen LogP contribution in [-0.2, 0) is 5.41 Å². The van der Waals surface area contributed by atoms with Gasteiger partial charge in [0.2, 0.25) is 11.8 Å². The molecule has 0 radical (unpaired) electrons. The van der Waals surface area contributed by atoms with Gasteiger partial charge in [-0.2, -0.15) is 0 Å². The molecule has 0 fully saturated rings. The Morgan fingerprint density at radius 3 is 1.61 bits per heavy atom. The molecule has 0 bridgehead atoms. The summed E-state index contributed by atoms with van der Waals surface area (Å²) in [5.41, 5.74) is 14.1. The number of thiophene rings is 1. The van der Waals surface area contributed by atoms with Gasteiger partial charge in [-0.3, -0.25) is 0 Å². The highest BCUT2D eigenvalue weighted by Crippen LogP contribution is 2.63. The van der Waals surface area contributed by atoms with Crippen molar-refractivity contribution in [1.82, 2.24) is 10.2 Å². The summed E-state index contributed by atoms with van der Waals surface area (Å²) in [4.78, 5) is 0. The third-order valence-corrected chi connectivity index (χ3v) is 11.7. The van der Waals surface area contributed by atoms with Crippen molar-refractivity contribution < 1.29 is 4.42 Å². The number of hydrogen-bond donors (Lipinski definition) is 0. The zero-order valence-electron chi connectivity index (χ0n) is 26.2. The van der Waals surface area contributed by atoms with Gasteiger partial charge < -0.3 is 4.42 Å². The summed E-state index contributed by atoms with van der Waals surface area (Å²) < 4.78 is 9.03. The summed E-state index contributed by atoms with van der Waals surface area (Å²) in [6.45, 7) is 0. The molecule has 3 nitrogen and oxygen atoms in total. The first kappa shape index (κ1) is 26.9. The average molecular weight is 643 g/mol. The van der Waals surface area contributed by atoms with Crippen molar-refractivity contribution in [2.45, 2.75) is 5.41 Å². The van der Waals surface area contributed by atoms with Gasteiger partial charge in [0.1, 0.15) is 0 Å². The van der Waals surface area contributed by atoms with E-state index in [0.29, 0.717) is 11.8 Å². The Morgan fingerprint density at radius 1 is 0.408 bits per heavy atom. The Kier molecular flexibility index (Phi) is 5.47. The number of fused-ring (bicyclic) bond motifs is 13. The monoisotopic (exact) mass is 642 g/mol. The normalized spacial score (nSPS) is 13.5. The lowest BCUT2D eigenvalue weighted by molar-refractivity contribution is 0.584. The number of rotatable bonds is 3. The fourth-order valence-corrected chi connectivity index (χ4v) is 9.69. The minimum absolute atomic E-state index is 0.412. The largest absolute Gasteiger partial charge is 0.416 e. The van der Waals surface area contributed by atoms with Crippen LogP contribution in [0.3, 0.4) is 0 Å². The lowest BCUT2D eigenvalue weighted by Crippen LogP contribution is -2.25. The second-order valence-electron chi connectivity index (χ2n) is 12.9. The Labute approximate surface area is 286 Å². The molecule has 7 aromatic carbocycles. The predicted octanol–water partition coefficient (Wildman–Crippen LogP) is 11.8. The maximum atomic E-state index is 6.42. The van der Waals surface area contributed by atoms with E-state index in [-0.39, 0.29) is 0 Å². The molecule has 2 aromatic heterocycles. The number of benzene rings is 7. The van der Waals surface area contributed by atoms with Crippen LogP contribution in [0.1, 0.15) is 22.3 Å². The molecule has 2 aliphatic carbocycles. The molecule has 2 heterocycles. The zero-order chi connectivity index (χ0) is 32.1. The fraction of sp³-hybridized carbons (Fsp3) is 0.0222. The lowest BCUT2D eigenvalue weighted by Gasteiger charge is -2.30. The van der Waals surface area contributed by atoms with E-state index < -0.39 is 5.41 Å². The van der Waals surface area contributed by atoms with Crippen molar-refractivity contribution in [1.29, 1.82) is 0 Å². The summed E-state index contributed by atoms with van der Waals surface area (Å²) in [6.07, 6.45) is 0. The Bertz CT molecular complexity index is 2720. The van der Waals surface area contributed by atoms with Crippen LogP contribution in [0.25, 0.3) is 76.5 Å². The van der Waals surface area contributed by atoms with Crippen LogP contribution < -0.4 is 0 Å². The molecular formula is C45H26N2OS. The molecule has 0 saturated carbocycles. The highest BCUT2D eigenvalue weighted by molar-refractivity contribution is 7.26. The molecule has 49 heavy (non-hydrogen) atoms. The first-order valence-corrected chi connectivity index (χ1v) is 17.4. The van der Waals surface area contributed by atoms with Crippen molar-refractivity contribution in [2.24, 2.45) is 0 Å². The van der Waals surface area contributed by atoms with E-state index in [9.17, 15) is 0 Å². The van der Waals surface area contributed by atoms with E-state index in [4.69, 9.17) is 4.42 Å². The van der Waals surface area contributed by atoms with Crippen LogP contribution in [0.15, 0.2) is 162 Å². The summed E-state index contributed by atoms with van der Waals surface area (Å²) in [6, 6.07) is 56.9. The molecule has 4 heteroatoms. The first-order valence-electron chi connectivity index (χ1n) is 16.6. The minimum atomic E-state index is -0.412. The van der Waals surface area contributed by atoms with Crippen molar-refractivity contribution >= 4 is 31.5 Å². The Hall–Kier alpha value is -6.10. The zero-order valence-corrected chi connectivity index (χ0v) is 27.0. The highest BCUT2D eigenvalue weighted by Gasteiger charge is 2.51. The van der Waals surface area contributed by atoms with Crippen LogP contribution in [0, 0.1) is 0 Å².